The molecule has 1 atom stereocenters. The van der Waals surface area contributed by atoms with Crippen LogP contribution in [0, 0.1) is 6.92 Å². The van der Waals surface area contributed by atoms with E-state index >= 15 is 0 Å². The summed E-state index contributed by atoms with van der Waals surface area (Å²) in [4.78, 5) is 29.2. The quantitative estimate of drug-likeness (QED) is 0.427. The van der Waals surface area contributed by atoms with E-state index in [0.29, 0.717) is 17.0 Å². The number of nitrogens with zero attached hydrogens (tertiary/aromatic N) is 4. The Morgan fingerprint density at radius 1 is 1.09 bits per heavy atom. The van der Waals surface area contributed by atoms with Crippen molar-refractivity contribution in [2.24, 2.45) is 0 Å². The second-order valence-electron chi connectivity index (χ2n) is 9.10. The summed E-state index contributed by atoms with van der Waals surface area (Å²) >= 11 is 0. The first-order valence-corrected chi connectivity index (χ1v) is 12.1. The number of aromatic nitrogens is 3. The molecule has 1 fully saturated rings. The molecule has 0 spiro atoms. The number of carbonyl (C=O) groups is 2. The lowest BCUT2D eigenvalue weighted by atomic mass is 9.95. The molecule has 1 aliphatic rings. The van der Waals surface area contributed by atoms with E-state index in [1.807, 2.05) is 55.5 Å². The molecular weight excluding hydrogens is 442 g/mol. The number of aryl methyl sites for hydroxylation is 1. The summed E-state index contributed by atoms with van der Waals surface area (Å²) < 4.78 is 7.27. The van der Waals surface area contributed by atoms with E-state index in [1.165, 1.54) is 17.6 Å². The minimum Gasteiger partial charge on any atom is -0.467 e. The molecule has 2 aromatic heterocycles. The second kappa shape index (κ2) is 10.1. The molecule has 2 amide bonds. The van der Waals surface area contributed by atoms with Crippen LogP contribution in [0.4, 0.5) is 5.69 Å². The highest BCUT2D eigenvalue weighted by atomic mass is 16.3. The van der Waals surface area contributed by atoms with Gasteiger partial charge in [0.05, 0.1) is 11.8 Å². The lowest BCUT2D eigenvalue weighted by Gasteiger charge is -2.32. The monoisotopic (exact) mass is 471 g/mol. The standard InChI is InChI=1S/C27H29N5O3/c1-19-9-7-12-21(17-19)32(25(33)18-31-23-14-6-5-13-22(23)29-30-31)26(24-15-8-16-35-24)27(34)28-20-10-3-2-4-11-20/h5-9,12-17,20,26H,2-4,10-11,18H2,1H3,(H,28,34). The highest BCUT2D eigenvalue weighted by Crippen LogP contribution is 2.30. The summed E-state index contributed by atoms with van der Waals surface area (Å²) in [6.45, 7) is 1.89. The number of carbonyl (C=O) groups excluding carboxylic acids is 2. The number of rotatable bonds is 7. The van der Waals surface area contributed by atoms with Crippen molar-refractivity contribution >= 4 is 28.5 Å². The highest BCUT2D eigenvalue weighted by Gasteiger charge is 2.36. The van der Waals surface area contributed by atoms with Crippen LogP contribution in [-0.2, 0) is 16.1 Å². The van der Waals surface area contributed by atoms with Crippen molar-refractivity contribution in [3.05, 3.63) is 78.3 Å². The van der Waals surface area contributed by atoms with Crippen LogP contribution in [0.1, 0.15) is 49.5 Å². The van der Waals surface area contributed by atoms with Crippen molar-refractivity contribution in [2.75, 3.05) is 4.90 Å². The van der Waals surface area contributed by atoms with E-state index in [0.717, 1.165) is 36.8 Å². The Hall–Kier alpha value is -3.94. The maximum atomic E-state index is 13.9. The summed E-state index contributed by atoms with van der Waals surface area (Å²) in [6.07, 6.45) is 6.79. The predicted octanol–water partition coefficient (Wildman–Crippen LogP) is 4.56. The number of hydrogen-bond acceptors (Lipinski definition) is 5. The van der Waals surface area contributed by atoms with E-state index in [9.17, 15) is 9.59 Å². The molecule has 2 heterocycles. The Bertz CT molecular complexity index is 1310. The van der Waals surface area contributed by atoms with Crippen molar-refractivity contribution in [3.8, 4) is 0 Å². The van der Waals surface area contributed by atoms with Crippen molar-refractivity contribution in [3.63, 3.8) is 0 Å². The number of amides is 2. The Morgan fingerprint density at radius 3 is 2.69 bits per heavy atom. The molecule has 0 bridgehead atoms. The average molecular weight is 472 g/mol. The molecule has 180 valence electrons. The van der Waals surface area contributed by atoms with Gasteiger partial charge in [-0.25, -0.2) is 4.68 Å². The van der Waals surface area contributed by atoms with Gasteiger partial charge in [0.1, 0.15) is 17.8 Å². The van der Waals surface area contributed by atoms with Gasteiger partial charge >= 0.3 is 0 Å². The van der Waals surface area contributed by atoms with E-state index in [-0.39, 0.29) is 24.4 Å². The lowest BCUT2D eigenvalue weighted by molar-refractivity contribution is -0.128. The van der Waals surface area contributed by atoms with E-state index < -0.39 is 6.04 Å². The third-order valence-corrected chi connectivity index (χ3v) is 6.52. The molecule has 1 N–H and O–H groups in total. The van der Waals surface area contributed by atoms with Gasteiger partial charge in [0, 0.05) is 11.7 Å². The zero-order valence-corrected chi connectivity index (χ0v) is 19.8. The van der Waals surface area contributed by atoms with Gasteiger partial charge in [-0.3, -0.25) is 14.5 Å². The lowest BCUT2D eigenvalue weighted by Crippen LogP contribution is -2.48. The fourth-order valence-corrected chi connectivity index (χ4v) is 4.80. The predicted molar refractivity (Wildman–Crippen MR) is 133 cm³/mol. The topological polar surface area (TPSA) is 93.3 Å². The van der Waals surface area contributed by atoms with Gasteiger partial charge < -0.3 is 9.73 Å². The molecule has 1 unspecified atom stereocenters. The van der Waals surface area contributed by atoms with Crippen LogP contribution in [0.15, 0.2) is 71.3 Å². The van der Waals surface area contributed by atoms with Crippen LogP contribution >= 0.6 is 0 Å². The molecule has 5 rings (SSSR count). The first-order chi connectivity index (χ1) is 17.1. The molecule has 8 nitrogen and oxygen atoms in total. The number of fused-ring (bicyclic) bond motifs is 1. The molecule has 0 saturated heterocycles. The largest absolute Gasteiger partial charge is 0.467 e. The maximum absolute atomic E-state index is 13.9. The fraction of sp³-hybridized carbons (Fsp3) is 0.333. The number of nitrogens with one attached hydrogen (secondary N) is 1. The van der Waals surface area contributed by atoms with Gasteiger partial charge in [-0.1, -0.05) is 48.7 Å². The van der Waals surface area contributed by atoms with Gasteiger partial charge in [0.25, 0.3) is 5.91 Å². The summed E-state index contributed by atoms with van der Waals surface area (Å²) in [5, 5.41) is 11.5. The van der Waals surface area contributed by atoms with Gasteiger partial charge in [0.15, 0.2) is 6.04 Å². The number of para-hydroxylation sites is 1. The average Bonchev–Trinajstić information content (AvgIpc) is 3.53. The highest BCUT2D eigenvalue weighted by molar-refractivity contribution is 6.01. The van der Waals surface area contributed by atoms with Crippen LogP contribution in [0.25, 0.3) is 11.0 Å². The third-order valence-electron chi connectivity index (χ3n) is 6.52. The molecule has 0 radical (unpaired) electrons. The Labute approximate surface area is 203 Å². The van der Waals surface area contributed by atoms with Crippen LogP contribution in [0.2, 0.25) is 0 Å². The fourth-order valence-electron chi connectivity index (χ4n) is 4.80. The minimum atomic E-state index is -0.948. The number of hydrogen-bond donors (Lipinski definition) is 1. The van der Waals surface area contributed by atoms with Gasteiger partial charge in [-0.2, -0.15) is 0 Å². The molecule has 1 aliphatic carbocycles. The maximum Gasteiger partial charge on any atom is 0.251 e. The molecule has 1 saturated carbocycles. The summed E-state index contributed by atoms with van der Waals surface area (Å²) in [5.74, 6) is -0.117. The van der Waals surface area contributed by atoms with Crippen molar-refractivity contribution in [1.29, 1.82) is 0 Å². The Kier molecular flexibility index (Phi) is 6.61. The van der Waals surface area contributed by atoms with Gasteiger partial charge in [0.2, 0.25) is 5.91 Å². The molecule has 2 aromatic carbocycles. The molecular formula is C27H29N5O3. The van der Waals surface area contributed by atoms with E-state index in [4.69, 9.17) is 4.42 Å². The second-order valence-corrected chi connectivity index (χ2v) is 9.10. The van der Waals surface area contributed by atoms with Crippen LogP contribution in [0.5, 0.6) is 0 Å². The molecule has 35 heavy (non-hydrogen) atoms. The summed E-state index contributed by atoms with van der Waals surface area (Å²) in [5.41, 5.74) is 3.07. The van der Waals surface area contributed by atoms with E-state index in [1.54, 1.807) is 16.8 Å². The summed E-state index contributed by atoms with van der Waals surface area (Å²) in [6, 6.07) is 17.7. The van der Waals surface area contributed by atoms with Crippen LogP contribution in [-0.4, -0.2) is 32.9 Å². The van der Waals surface area contributed by atoms with Crippen molar-refractivity contribution < 1.29 is 14.0 Å². The first-order valence-electron chi connectivity index (χ1n) is 12.1. The van der Waals surface area contributed by atoms with Gasteiger partial charge in [-0.15, -0.1) is 5.10 Å². The third kappa shape index (κ3) is 4.96. The Morgan fingerprint density at radius 2 is 1.91 bits per heavy atom. The number of benzene rings is 2. The molecule has 8 heteroatoms. The minimum absolute atomic E-state index is 0.0671. The number of anilines is 1. The normalized spacial score (nSPS) is 15.1. The van der Waals surface area contributed by atoms with Crippen molar-refractivity contribution in [2.45, 2.75) is 57.7 Å². The van der Waals surface area contributed by atoms with Gasteiger partial charge in [-0.05, 0) is 61.7 Å². The zero-order chi connectivity index (χ0) is 24.2. The van der Waals surface area contributed by atoms with E-state index in [2.05, 4.69) is 15.6 Å². The number of furan rings is 1. The Balaban J connectivity index is 1.52. The van der Waals surface area contributed by atoms with Crippen molar-refractivity contribution in [1.82, 2.24) is 20.3 Å². The first kappa shape index (κ1) is 22.8. The van der Waals surface area contributed by atoms with Crippen LogP contribution in [0.3, 0.4) is 0 Å². The van der Waals surface area contributed by atoms with Crippen LogP contribution < -0.4 is 10.2 Å². The summed E-state index contributed by atoms with van der Waals surface area (Å²) in [7, 11) is 0. The zero-order valence-electron chi connectivity index (χ0n) is 19.8. The molecule has 4 aromatic rings. The molecule has 0 aliphatic heterocycles. The SMILES string of the molecule is Cc1cccc(N(C(=O)Cn2nnc3ccccc32)C(C(=O)NC2CCCCC2)c2ccco2)c1. The smallest absolute Gasteiger partial charge is 0.251 e.